The third-order valence-electron chi connectivity index (χ3n) is 4.49. The molecule has 1 saturated carbocycles. The summed E-state index contributed by atoms with van der Waals surface area (Å²) < 4.78 is 0. The highest BCUT2D eigenvalue weighted by atomic mass is 35.5. The van der Waals surface area contributed by atoms with Gasteiger partial charge in [0.15, 0.2) is 0 Å². The third kappa shape index (κ3) is 4.03. The molecule has 1 aromatic rings. The molecule has 1 fully saturated rings. The fourth-order valence-electron chi connectivity index (χ4n) is 3.09. The van der Waals surface area contributed by atoms with Gasteiger partial charge in [0.2, 0.25) is 0 Å². The number of hydrogen-bond acceptors (Lipinski definition) is 3. The van der Waals surface area contributed by atoms with Gasteiger partial charge in [-0.1, -0.05) is 37.8 Å². The molecule has 0 unspecified atom stereocenters. The number of amides is 1. The molecule has 1 aliphatic carbocycles. The van der Waals surface area contributed by atoms with Crippen molar-refractivity contribution in [3.05, 3.63) is 22.7 Å². The van der Waals surface area contributed by atoms with E-state index in [0.29, 0.717) is 27.9 Å². The van der Waals surface area contributed by atoms with E-state index in [4.69, 9.17) is 23.1 Å². The van der Waals surface area contributed by atoms with Crippen molar-refractivity contribution < 1.29 is 4.79 Å². The average molecular weight is 310 g/mol. The Morgan fingerprint density at radius 1 is 1.29 bits per heavy atom. The van der Waals surface area contributed by atoms with Gasteiger partial charge in [-0.2, -0.15) is 0 Å². The van der Waals surface area contributed by atoms with Crippen LogP contribution >= 0.6 is 11.6 Å². The number of hydrogen-bond donors (Lipinski definition) is 3. The SMILES string of the molecule is CCC1CCC(CNc2c(Cl)cc(N)cc2C(N)=O)CC1. The van der Waals surface area contributed by atoms with E-state index < -0.39 is 5.91 Å². The number of nitrogens with one attached hydrogen (secondary N) is 1. The van der Waals surface area contributed by atoms with Crippen molar-refractivity contribution in [1.82, 2.24) is 0 Å². The van der Waals surface area contributed by atoms with Crippen molar-refractivity contribution in [3.8, 4) is 0 Å². The lowest BCUT2D eigenvalue weighted by molar-refractivity contribution is 0.100. The highest BCUT2D eigenvalue weighted by Crippen LogP contribution is 2.33. The van der Waals surface area contributed by atoms with Gasteiger partial charge in [0.1, 0.15) is 0 Å². The number of primary amides is 1. The number of rotatable bonds is 5. The zero-order chi connectivity index (χ0) is 15.4. The first-order valence-corrected chi connectivity index (χ1v) is 8.01. The molecule has 1 amide bonds. The van der Waals surface area contributed by atoms with Crippen LogP contribution in [0.2, 0.25) is 5.02 Å². The molecule has 0 aromatic heterocycles. The normalized spacial score (nSPS) is 22.0. The molecular weight excluding hydrogens is 286 g/mol. The minimum Gasteiger partial charge on any atom is -0.399 e. The van der Waals surface area contributed by atoms with Gasteiger partial charge < -0.3 is 16.8 Å². The van der Waals surface area contributed by atoms with Gasteiger partial charge in [-0.15, -0.1) is 0 Å². The van der Waals surface area contributed by atoms with Crippen LogP contribution < -0.4 is 16.8 Å². The maximum Gasteiger partial charge on any atom is 0.250 e. The van der Waals surface area contributed by atoms with Gasteiger partial charge in [-0.3, -0.25) is 4.79 Å². The Morgan fingerprint density at radius 3 is 2.48 bits per heavy atom. The van der Waals surface area contributed by atoms with E-state index in [2.05, 4.69) is 12.2 Å². The Kier molecular flexibility index (Phi) is 5.34. The summed E-state index contributed by atoms with van der Waals surface area (Å²) in [6.07, 6.45) is 6.31. The van der Waals surface area contributed by atoms with E-state index >= 15 is 0 Å². The van der Waals surface area contributed by atoms with Crippen LogP contribution in [0, 0.1) is 11.8 Å². The molecule has 0 atom stereocenters. The summed E-state index contributed by atoms with van der Waals surface area (Å²) in [4.78, 5) is 11.5. The van der Waals surface area contributed by atoms with Gasteiger partial charge in [0, 0.05) is 12.2 Å². The predicted octanol–water partition coefficient (Wildman–Crippen LogP) is 3.65. The van der Waals surface area contributed by atoms with Crippen LogP contribution in [0.4, 0.5) is 11.4 Å². The molecule has 0 radical (unpaired) electrons. The highest BCUT2D eigenvalue weighted by molar-refractivity contribution is 6.34. The topological polar surface area (TPSA) is 81.1 Å². The molecule has 21 heavy (non-hydrogen) atoms. The van der Waals surface area contributed by atoms with Crippen LogP contribution in [-0.4, -0.2) is 12.5 Å². The van der Waals surface area contributed by atoms with Gasteiger partial charge in [0.25, 0.3) is 5.91 Å². The van der Waals surface area contributed by atoms with Crippen LogP contribution in [0.3, 0.4) is 0 Å². The number of nitrogens with two attached hydrogens (primary N) is 2. The van der Waals surface area contributed by atoms with Gasteiger partial charge in [-0.25, -0.2) is 0 Å². The van der Waals surface area contributed by atoms with E-state index in [1.807, 2.05) is 0 Å². The number of benzene rings is 1. The zero-order valence-electron chi connectivity index (χ0n) is 12.5. The average Bonchev–Trinajstić information content (AvgIpc) is 2.46. The smallest absolute Gasteiger partial charge is 0.250 e. The zero-order valence-corrected chi connectivity index (χ0v) is 13.2. The van der Waals surface area contributed by atoms with Gasteiger partial charge in [-0.05, 0) is 36.8 Å². The molecule has 0 aliphatic heterocycles. The van der Waals surface area contributed by atoms with E-state index in [0.717, 1.165) is 12.5 Å². The van der Waals surface area contributed by atoms with Crippen LogP contribution in [-0.2, 0) is 0 Å². The summed E-state index contributed by atoms with van der Waals surface area (Å²) in [7, 11) is 0. The van der Waals surface area contributed by atoms with Crippen molar-refractivity contribution in [2.24, 2.45) is 17.6 Å². The second-order valence-corrected chi connectivity index (χ2v) is 6.37. The molecule has 1 aromatic carbocycles. The number of carbonyl (C=O) groups excluding carboxylic acids is 1. The molecule has 0 spiro atoms. The number of carbonyl (C=O) groups is 1. The van der Waals surface area contributed by atoms with E-state index in [1.54, 1.807) is 12.1 Å². The maximum atomic E-state index is 11.5. The first kappa shape index (κ1) is 16.0. The molecular formula is C16H24ClN3O. The lowest BCUT2D eigenvalue weighted by Gasteiger charge is -2.28. The Morgan fingerprint density at radius 2 is 1.90 bits per heavy atom. The maximum absolute atomic E-state index is 11.5. The fraction of sp³-hybridized carbons (Fsp3) is 0.562. The molecule has 1 aliphatic rings. The van der Waals surface area contributed by atoms with Crippen molar-refractivity contribution in [2.75, 3.05) is 17.6 Å². The summed E-state index contributed by atoms with van der Waals surface area (Å²) in [6, 6.07) is 3.22. The molecule has 4 nitrogen and oxygen atoms in total. The third-order valence-corrected chi connectivity index (χ3v) is 4.79. The minimum atomic E-state index is -0.513. The summed E-state index contributed by atoms with van der Waals surface area (Å²) in [6.45, 7) is 3.08. The minimum absolute atomic E-state index is 0.363. The highest BCUT2D eigenvalue weighted by Gasteiger charge is 2.21. The lowest BCUT2D eigenvalue weighted by Crippen LogP contribution is -2.23. The first-order valence-electron chi connectivity index (χ1n) is 7.64. The van der Waals surface area contributed by atoms with E-state index in [9.17, 15) is 4.79 Å². The van der Waals surface area contributed by atoms with Crippen LogP contribution in [0.25, 0.3) is 0 Å². The second-order valence-electron chi connectivity index (χ2n) is 5.97. The Bertz CT molecular complexity index is 510. The monoisotopic (exact) mass is 309 g/mol. The van der Waals surface area contributed by atoms with Gasteiger partial charge in [0.05, 0.1) is 16.3 Å². The van der Waals surface area contributed by atoms with Crippen molar-refractivity contribution in [2.45, 2.75) is 39.0 Å². The number of nitrogen functional groups attached to an aromatic ring is 1. The van der Waals surface area contributed by atoms with Crippen molar-refractivity contribution >= 4 is 28.9 Å². The largest absolute Gasteiger partial charge is 0.399 e. The van der Waals surface area contributed by atoms with E-state index in [1.165, 1.54) is 32.1 Å². The molecule has 116 valence electrons. The Labute approximate surface area is 131 Å². The van der Waals surface area contributed by atoms with Crippen LogP contribution in [0.1, 0.15) is 49.4 Å². The number of anilines is 2. The second kappa shape index (κ2) is 7.03. The molecule has 0 bridgehead atoms. The molecule has 0 heterocycles. The van der Waals surface area contributed by atoms with Crippen LogP contribution in [0.5, 0.6) is 0 Å². The molecule has 5 N–H and O–H groups in total. The summed E-state index contributed by atoms with van der Waals surface area (Å²) in [5.74, 6) is 0.992. The van der Waals surface area contributed by atoms with Gasteiger partial charge >= 0.3 is 0 Å². The first-order chi connectivity index (χ1) is 10.0. The number of halogens is 1. The summed E-state index contributed by atoms with van der Waals surface area (Å²) in [5.41, 5.74) is 12.5. The fourth-order valence-corrected chi connectivity index (χ4v) is 3.39. The standard InChI is InChI=1S/C16H24ClN3O/c1-2-10-3-5-11(6-4-10)9-20-15-13(16(19)21)7-12(18)8-14(15)17/h7-8,10-11,20H,2-6,9,18H2,1H3,(H2,19,21). The Hall–Kier alpha value is -1.42. The lowest BCUT2D eigenvalue weighted by atomic mass is 9.81. The Balaban J connectivity index is 2.02. The van der Waals surface area contributed by atoms with Crippen LogP contribution in [0.15, 0.2) is 12.1 Å². The molecule has 0 saturated heterocycles. The molecule has 5 heteroatoms. The summed E-state index contributed by atoms with van der Waals surface area (Å²) >= 11 is 6.19. The van der Waals surface area contributed by atoms with Crippen molar-refractivity contribution in [3.63, 3.8) is 0 Å². The predicted molar refractivity (Wildman–Crippen MR) is 88.6 cm³/mol. The quantitative estimate of drug-likeness (QED) is 0.726. The molecule has 2 rings (SSSR count). The van der Waals surface area contributed by atoms with Crippen molar-refractivity contribution in [1.29, 1.82) is 0 Å². The summed E-state index contributed by atoms with van der Waals surface area (Å²) in [5, 5.41) is 3.75. The van der Waals surface area contributed by atoms with E-state index in [-0.39, 0.29) is 0 Å².